The summed E-state index contributed by atoms with van der Waals surface area (Å²) in [6.07, 6.45) is 1.42. The number of rotatable bonds is 4. The van der Waals surface area contributed by atoms with Crippen LogP contribution >= 0.6 is 11.6 Å². The Morgan fingerprint density at radius 3 is 2.38 bits per heavy atom. The van der Waals surface area contributed by atoms with Crippen molar-refractivity contribution >= 4 is 49.6 Å². The number of nitrogens with two attached hydrogens (primary N) is 1. The van der Waals surface area contributed by atoms with Crippen LogP contribution in [0.25, 0.3) is 22.0 Å². The average Bonchev–Trinajstić information content (AvgIpc) is 2.75. The van der Waals surface area contributed by atoms with Gasteiger partial charge >= 0.3 is 29.6 Å². The number of nitrogens with zero attached hydrogens (tertiary/aromatic N) is 3. The van der Waals surface area contributed by atoms with Gasteiger partial charge < -0.3 is 15.4 Å². The van der Waals surface area contributed by atoms with Crippen LogP contribution in [0.4, 0.5) is 17.1 Å². The molecule has 0 amide bonds. The Bertz CT molecular complexity index is 1440. The third-order valence-corrected chi connectivity index (χ3v) is 5.66. The van der Waals surface area contributed by atoms with Crippen LogP contribution in [0.15, 0.2) is 82.0 Å². The average molecular weight is 477 g/mol. The largest absolute Gasteiger partial charge is 1.00 e. The van der Waals surface area contributed by atoms with Crippen LogP contribution in [0.5, 0.6) is 5.75 Å². The molecular formula is C21H14ClN4NaO4S. The molecule has 0 saturated carbocycles. The Balaban J connectivity index is 0.00000289. The van der Waals surface area contributed by atoms with Crippen molar-refractivity contribution in [1.29, 1.82) is 0 Å². The van der Waals surface area contributed by atoms with E-state index >= 15 is 0 Å². The zero-order valence-electron chi connectivity index (χ0n) is 16.7. The van der Waals surface area contributed by atoms with E-state index in [2.05, 4.69) is 15.2 Å². The van der Waals surface area contributed by atoms with Crippen molar-refractivity contribution in [3.63, 3.8) is 0 Å². The molecule has 0 aliphatic carbocycles. The van der Waals surface area contributed by atoms with Crippen LogP contribution in [0, 0.1) is 0 Å². The molecule has 0 spiro atoms. The topological polar surface area (TPSA) is 141 Å². The van der Waals surface area contributed by atoms with Gasteiger partial charge in [-0.25, -0.2) is 8.42 Å². The van der Waals surface area contributed by atoms with E-state index in [-0.39, 0.29) is 52.1 Å². The molecule has 32 heavy (non-hydrogen) atoms. The molecule has 0 atom stereocenters. The number of aromatic nitrogens is 1. The summed E-state index contributed by atoms with van der Waals surface area (Å²) in [6, 6.07) is 15.3. The standard InChI is InChI=1S/C21H15ClN4O4S.Na/c22-12-5-8-19(27)16(9-12)17-7-6-13(11-24-17)25-26-18-10-20(31(28,29)30)14-3-1-2-4-15(14)21(18)23;/h1-11,27H,23H2,(H,28,29,30);/q;+1/p-1. The van der Waals surface area contributed by atoms with Gasteiger partial charge in [-0.3, -0.25) is 4.98 Å². The number of fused-ring (bicyclic) bond motifs is 1. The maximum atomic E-state index is 11.7. The normalized spacial score (nSPS) is 11.6. The first-order chi connectivity index (χ1) is 14.7. The number of aromatic hydroxyl groups is 1. The van der Waals surface area contributed by atoms with Crippen molar-refractivity contribution in [3.05, 3.63) is 71.9 Å². The fourth-order valence-electron chi connectivity index (χ4n) is 3.07. The maximum Gasteiger partial charge on any atom is 1.00 e. The van der Waals surface area contributed by atoms with Gasteiger partial charge in [-0.1, -0.05) is 35.9 Å². The predicted octanol–water partition coefficient (Wildman–Crippen LogP) is 2.17. The SMILES string of the molecule is Nc1c(N=Nc2ccc(-c3cc(Cl)ccc3O)nc2)cc(S(=O)(=O)[O-])c2ccccc12.[Na+]. The van der Waals surface area contributed by atoms with E-state index in [4.69, 9.17) is 17.3 Å². The first-order valence-corrected chi connectivity index (χ1v) is 10.7. The number of benzene rings is 3. The van der Waals surface area contributed by atoms with Crippen molar-refractivity contribution in [1.82, 2.24) is 4.98 Å². The Hall–Kier alpha value is -2.53. The summed E-state index contributed by atoms with van der Waals surface area (Å²) in [6.45, 7) is 0. The summed E-state index contributed by atoms with van der Waals surface area (Å²) in [4.78, 5) is 3.82. The molecule has 4 aromatic rings. The third-order valence-electron chi connectivity index (χ3n) is 4.55. The van der Waals surface area contributed by atoms with Crippen molar-refractivity contribution in [3.8, 4) is 17.0 Å². The van der Waals surface area contributed by atoms with E-state index in [0.29, 0.717) is 27.4 Å². The van der Waals surface area contributed by atoms with Crippen molar-refractivity contribution < 1.29 is 47.6 Å². The minimum atomic E-state index is -4.75. The number of phenols is 1. The fourth-order valence-corrected chi connectivity index (χ4v) is 3.95. The summed E-state index contributed by atoms with van der Waals surface area (Å²) in [5.74, 6) is 0.0292. The number of nitrogen functional groups attached to an aromatic ring is 1. The molecule has 1 aromatic heterocycles. The number of phenolic OH excluding ortho intramolecular Hbond substituents is 1. The van der Waals surface area contributed by atoms with Gasteiger partial charge in [0.15, 0.2) is 0 Å². The Labute approximate surface area is 210 Å². The summed E-state index contributed by atoms with van der Waals surface area (Å²) in [5.41, 5.74) is 7.65. The smallest absolute Gasteiger partial charge is 0.744 e. The molecule has 0 bridgehead atoms. The second-order valence-corrected chi connectivity index (χ2v) is 8.35. The van der Waals surface area contributed by atoms with Gasteiger partial charge in [0.25, 0.3) is 0 Å². The third kappa shape index (κ3) is 4.93. The number of azo groups is 1. The molecule has 0 aliphatic rings. The van der Waals surface area contributed by atoms with Crippen molar-refractivity contribution in [2.75, 3.05) is 5.73 Å². The summed E-state index contributed by atoms with van der Waals surface area (Å²) >= 11 is 5.97. The van der Waals surface area contributed by atoms with Crippen LogP contribution in [0.1, 0.15) is 0 Å². The van der Waals surface area contributed by atoms with Gasteiger partial charge in [0, 0.05) is 21.4 Å². The number of pyridine rings is 1. The number of hydrogen-bond donors (Lipinski definition) is 2. The van der Waals surface area contributed by atoms with E-state index < -0.39 is 15.0 Å². The van der Waals surface area contributed by atoms with Crippen molar-refractivity contribution in [2.24, 2.45) is 10.2 Å². The Kier molecular flexibility index (Phi) is 7.19. The molecule has 0 fully saturated rings. The zero-order chi connectivity index (χ0) is 22.2. The summed E-state index contributed by atoms with van der Waals surface area (Å²) < 4.78 is 35.1. The van der Waals surface area contributed by atoms with Crippen LogP contribution < -0.4 is 35.3 Å². The van der Waals surface area contributed by atoms with Gasteiger partial charge in [0.05, 0.1) is 22.5 Å². The maximum absolute atomic E-state index is 11.7. The molecule has 0 aliphatic heterocycles. The Morgan fingerprint density at radius 1 is 1.00 bits per heavy atom. The molecule has 4 rings (SSSR count). The molecule has 0 radical (unpaired) electrons. The first-order valence-electron chi connectivity index (χ1n) is 8.88. The molecular weight excluding hydrogens is 463 g/mol. The molecule has 156 valence electrons. The number of anilines is 1. The van der Waals surface area contributed by atoms with Crippen LogP contribution in [-0.4, -0.2) is 23.1 Å². The quantitative estimate of drug-likeness (QED) is 0.200. The first kappa shape index (κ1) is 24.1. The fraction of sp³-hybridized carbons (Fsp3) is 0. The minimum Gasteiger partial charge on any atom is -0.744 e. The predicted molar refractivity (Wildman–Crippen MR) is 117 cm³/mol. The number of halogens is 1. The molecule has 11 heteroatoms. The van der Waals surface area contributed by atoms with Gasteiger partial charge in [0.1, 0.15) is 27.2 Å². The second-order valence-electron chi connectivity index (χ2n) is 6.57. The molecule has 0 saturated heterocycles. The van der Waals surface area contributed by atoms with E-state index in [0.717, 1.165) is 6.07 Å². The monoisotopic (exact) mass is 476 g/mol. The van der Waals surface area contributed by atoms with E-state index in [1.54, 1.807) is 42.5 Å². The molecule has 8 nitrogen and oxygen atoms in total. The summed E-state index contributed by atoms with van der Waals surface area (Å²) in [7, 11) is -4.75. The van der Waals surface area contributed by atoms with Crippen LogP contribution in [-0.2, 0) is 10.1 Å². The molecule has 3 aromatic carbocycles. The van der Waals surface area contributed by atoms with Gasteiger partial charge in [-0.15, -0.1) is 10.2 Å². The zero-order valence-corrected chi connectivity index (χ0v) is 20.3. The van der Waals surface area contributed by atoms with Crippen molar-refractivity contribution in [2.45, 2.75) is 4.90 Å². The van der Waals surface area contributed by atoms with Gasteiger partial charge in [-0.2, -0.15) is 0 Å². The van der Waals surface area contributed by atoms with E-state index in [1.807, 2.05) is 0 Å². The van der Waals surface area contributed by atoms with Gasteiger partial charge in [-0.05, 0) is 36.4 Å². The molecule has 0 unspecified atom stereocenters. The van der Waals surface area contributed by atoms with E-state index in [1.165, 1.54) is 18.3 Å². The van der Waals surface area contributed by atoms with E-state index in [9.17, 15) is 18.1 Å². The Morgan fingerprint density at radius 2 is 1.72 bits per heavy atom. The van der Waals surface area contributed by atoms with Gasteiger partial charge in [0.2, 0.25) is 0 Å². The second kappa shape index (κ2) is 9.53. The summed E-state index contributed by atoms with van der Waals surface area (Å²) in [5, 5.41) is 19.1. The minimum absolute atomic E-state index is 0. The number of hydrogen-bond acceptors (Lipinski definition) is 8. The van der Waals surface area contributed by atoms with Crippen LogP contribution in [0.3, 0.4) is 0 Å². The molecule has 3 N–H and O–H groups in total. The van der Waals surface area contributed by atoms with Crippen LogP contribution in [0.2, 0.25) is 5.02 Å². The molecule has 1 heterocycles.